The van der Waals surface area contributed by atoms with E-state index in [2.05, 4.69) is 5.32 Å². The molecule has 1 amide bonds. The molecule has 1 N–H and O–H groups in total. The Morgan fingerprint density at radius 1 is 0.902 bits per heavy atom. The second-order valence-electron chi connectivity index (χ2n) is 13.3. The molecule has 2 atom stereocenters. The maximum Gasteiger partial charge on any atom is 0.409 e. The number of hydrogen-bond donors (Lipinski definition) is 1. The summed E-state index contributed by atoms with van der Waals surface area (Å²) in [6.45, 7) is 23.3. The van der Waals surface area contributed by atoms with Crippen molar-refractivity contribution in [2.45, 2.75) is 119 Å². The predicted octanol–water partition coefficient (Wildman–Crippen LogP) is 8.15. The van der Waals surface area contributed by atoms with Crippen molar-refractivity contribution in [3.8, 4) is 5.75 Å². The fourth-order valence-electron chi connectivity index (χ4n) is 4.99. The molecule has 0 aliphatic rings. The van der Waals surface area contributed by atoms with Gasteiger partial charge in [0.1, 0.15) is 17.4 Å². The van der Waals surface area contributed by atoms with Crippen LogP contribution in [0.5, 0.6) is 5.75 Å². The predicted molar refractivity (Wildman–Crippen MR) is 162 cm³/mol. The summed E-state index contributed by atoms with van der Waals surface area (Å²) >= 11 is 0. The van der Waals surface area contributed by atoms with E-state index in [-0.39, 0.29) is 23.7 Å². The highest BCUT2D eigenvalue weighted by Gasteiger charge is 2.66. The van der Waals surface area contributed by atoms with Crippen molar-refractivity contribution >= 4 is 13.7 Å². The molecule has 0 saturated carbocycles. The fraction of sp³-hybridized carbons (Fsp3) is 0.767. The van der Waals surface area contributed by atoms with Crippen molar-refractivity contribution in [2.24, 2.45) is 23.7 Å². The molecular weight excluding hydrogens is 547 g/mol. The van der Waals surface area contributed by atoms with Crippen molar-refractivity contribution in [3.05, 3.63) is 39.4 Å². The summed E-state index contributed by atoms with van der Waals surface area (Å²) in [7, 11) is -3.17. The first-order valence-corrected chi connectivity index (χ1v) is 15.9. The number of carbonyl (C=O) groups excluding carboxylic acids is 1. The zero-order chi connectivity index (χ0) is 32.1. The van der Waals surface area contributed by atoms with Gasteiger partial charge in [-0.15, -0.1) is 0 Å². The lowest BCUT2D eigenvalue weighted by Gasteiger charge is -2.41. The molecule has 11 heteroatoms. The van der Waals surface area contributed by atoms with E-state index in [1.807, 2.05) is 55.4 Å². The number of amides is 1. The van der Waals surface area contributed by atoms with Crippen molar-refractivity contribution in [2.75, 3.05) is 7.11 Å². The molecule has 10 nitrogen and oxygen atoms in total. The van der Waals surface area contributed by atoms with E-state index in [1.165, 1.54) is 14.0 Å². The van der Waals surface area contributed by atoms with Crippen LogP contribution in [0.1, 0.15) is 100 Å². The normalized spacial score (nSPS) is 15.1. The molecule has 1 aromatic rings. The van der Waals surface area contributed by atoms with E-state index < -0.39 is 47.7 Å². The number of carbonyl (C=O) groups is 1. The molecule has 0 radical (unpaired) electrons. The van der Waals surface area contributed by atoms with Crippen LogP contribution >= 0.6 is 7.60 Å². The van der Waals surface area contributed by atoms with E-state index in [4.69, 9.17) is 18.5 Å². The molecule has 0 unspecified atom stereocenters. The van der Waals surface area contributed by atoms with E-state index >= 15 is 4.57 Å². The van der Waals surface area contributed by atoms with Gasteiger partial charge in [-0.3, -0.25) is 23.7 Å². The number of aryl methyl sites for hydroxylation is 1. The van der Waals surface area contributed by atoms with Gasteiger partial charge in [0.2, 0.25) is 0 Å². The van der Waals surface area contributed by atoms with Gasteiger partial charge in [0.25, 0.3) is 0 Å². The fourth-order valence-corrected chi connectivity index (χ4v) is 7.81. The quantitative estimate of drug-likeness (QED) is 0.129. The van der Waals surface area contributed by atoms with Crippen LogP contribution in [-0.2, 0) is 18.3 Å². The van der Waals surface area contributed by atoms with Gasteiger partial charge in [0.05, 0.1) is 19.3 Å². The third-order valence-electron chi connectivity index (χ3n) is 7.03. The van der Waals surface area contributed by atoms with Gasteiger partial charge in [0.15, 0.2) is 0 Å². The van der Waals surface area contributed by atoms with Gasteiger partial charge in [-0.1, -0.05) is 67.5 Å². The molecule has 0 bridgehead atoms. The van der Waals surface area contributed by atoms with Gasteiger partial charge >= 0.3 is 19.0 Å². The molecule has 236 valence electrons. The first-order valence-electron chi connectivity index (χ1n) is 14.4. The van der Waals surface area contributed by atoms with Gasteiger partial charge in [-0.05, 0) is 68.6 Å². The number of alkyl carbamates (subject to hydrolysis) is 1. The van der Waals surface area contributed by atoms with Gasteiger partial charge < -0.3 is 14.8 Å². The first-order chi connectivity index (χ1) is 18.6. The smallest absolute Gasteiger partial charge is 0.409 e. The summed E-state index contributed by atoms with van der Waals surface area (Å²) in [5.74, 6) is 0.0579. The Bertz CT molecular complexity index is 1040. The number of nitro groups is 1. The molecule has 1 rings (SSSR count). The number of ether oxygens (including phenoxy) is 2. The number of methoxy groups -OCH3 is 1. The lowest BCUT2D eigenvalue weighted by Crippen LogP contribution is -2.52. The third-order valence-corrected chi connectivity index (χ3v) is 9.61. The minimum absolute atomic E-state index is 0.125. The minimum atomic E-state index is -4.69. The van der Waals surface area contributed by atoms with Crippen LogP contribution in [0.3, 0.4) is 0 Å². The van der Waals surface area contributed by atoms with Crippen LogP contribution in [0, 0.1) is 40.7 Å². The Hall–Kier alpha value is -2.16. The van der Waals surface area contributed by atoms with E-state index in [0.29, 0.717) is 16.9 Å². The zero-order valence-electron chi connectivity index (χ0n) is 27.4. The summed E-state index contributed by atoms with van der Waals surface area (Å²) < 4.78 is 38.9. The molecule has 1 aromatic carbocycles. The Labute approximate surface area is 246 Å². The van der Waals surface area contributed by atoms with E-state index in [9.17, 15) is 14.9 Å². The maximum atomic E-state index is 15.3. The van der Waals surface area contributed by atoms with E-state index in [0.717, 1.165) is 0 Å². The van der Waals surface area contributed by atoms with Crippen molar-refractivity contribution in [1.29, 1.82) is 0 Å². The van der Waals surface area contributed by atoms with Crippen molar-refractivity contribution in [3.63, 3.8) is 0 Å². The molecule has 0 saturated heterocycles. The Morgan fingerprint density at radius 2 is 1.34 bits per heavy atom. The average Bonchev–Trinajstić information content (AvgIpc) is 2.81. The van der Waals surface area contributed by atoms with Crippen LogP contribution < -0.4 is 10.1 Å². The van der Waals surface area contributed by atoms with Crippen LogP contribution in [0.2, 0.25) is 0 Å². The highest BCUT2D eigenvalue weighted by Crippen LogP contribution is 2.67. The van der Waals surface area contributed by atoms with Gasteiger partial charge in [0, 0.05) is 11.8 Å². The lowest BCUT2D eigenvalue weighted by molar-refractivity contribution is -0.546. The molecule has 0 spiro atoms. The maximum absolute atomic E-state index is 15.3. The summed E-state index contributed by atoms with van der Waals surface area (Å²) in [5.41, 5.74) is 0.123. The minimum Gasteiger partial charge on any atom is -0.496 e. The number of benzene rings is 1. The number of nitrogens with zero attached hydrogens (tertiary/aromatic N) is 1. The number of rotatable bonds is 14. The number of nitrogens with one attached hydrogen (secondary N) is 1. The first kappa shape index (κ1) is 36.9. The largest absolute Gasteiger partial charge is 0.496 e. The molecule has 0 aliphatic carbocycles. The monoisotopic (exact) mass is 600 g/mol. The standard InChI is InChI=1S/C30H53N2O8P/c1-18(2)25(19(3)4)39-41(36,40-26(20(5)6)21(7)8)30(13,32(34)35)27(31-28(33)38-29(10,11)12)23-15-16-24(37-14)22(9)17-23/h15-21,25-27H,1-14H3,(H,31,33)/t27-,30+/m1/s1. The van der Waals surface area contributed by atoms with Crippen LogP contribution in [0.25, 0.3) is 0 Å². The van der Waals surface area contributed by atoms with Crippen molar-refractivity contribution in [1.82, 2.24) is 5.32 Å². The lowest BCUT2D eigenvalue weighted by atomic mass is 9.97. The Kier molecular flexibility index (Phi) is 12.9. The summed E-state index contributed by atoms with van der Waals surface area (Å²) in [6, 6.07) is 3.46. The summed E-state index contributed by atoms with van der Waals surface area (Å²) in [4.78, 5) is 25.8. The van der Waals surface area contributed by atoms with Gasteiger partial charge in [-0.2, -0.15) is 0 Å². The van der Waals surface area contributed by atoms with Gasteiger partial charge in [-0.25, -0.2) is 4.79 Å². The highest BCUT2D eigenvalue weighted by atomic mass is 31.2. The van der Waals surface area contributed by atoms with E-state index in [1.54, 1.807) is 45.9 Å². The third kappa shape index (κ3) is 9.16. The summed E-state index contributed by atoms with van der Waals surface area (Å²) in [6.07, 6.45) is -2.15. The second kappa shape index (κ2) is 14.3. The SMILES string of the molecule is COc1ccc([C@@H](NC(=O)OC(C)(C)C)[C@@](C)([N+](=O)[O-])P(=O)(OC(C(C)C)C(C)C)OC(C(C)C)C(C)C)cc1C. The van der Waals surface area contributed by atoms with Crippen LogP contribution in [0.4, 0.5) is 4.79 Å². The Morgan fingerprint density at radius 3 is 1.66 bits per heavy atom. The molecule has 0 fully saturated rings. The molecule has 0 aromatic heterocycles. The van der Waals surface area contributed by atoms with Crippen LogP contribution in [-0.4, -0.2) is 41.2 Å². The van der Waals surface area contributed by atoms with Crippen LogP contribution in [0.15, 0.2) is 18.2 Å². The van der Waals surface area contributed by atoms with Crippen molar-refractivity contribution < 1.29 is 32.8 Å². The molecule has 0 aliphatic heterocycles. The highest BCUT2D eigenvalue weighted by molar-refractivity contribution is 7.55. The number of hydrogen-bond acceptors (Lipinski definition) is 8. The Balaban J connectivity index is 4.09. The second-order valence-corrected chi connectivity index (χ2v) is 15.6. The summed E-state index contributed by atoms with van der Waals surface area (Å²) in [5, 5.41) is 13.5. The molecular formula is C30H53N2O8P. The average molecular weight is 601 g/mol. The zero-order valence-corrected chi connectivity index (χ0v) is 28.3. The molecule has 41 heavy (non-hydrogen) atoms. The molecule has 0 heterocycles. The topological polar surface area (TPSA) is 126 Å².